The first-order valence-electron chi connectivity index (χ1n) is 7.34. The number of benzene rings is 1. The minimum absolute atomic E-state index is 0.0801. The van der Waals surface area contributed by atoms with Gasteiger partial charge in [-0.25, -0.2) is 4.79 Å². The molecule has 1 saturated carbocycles. The maximum absolute atomic E-state index is 12.2. The predicted molar refractivity (Wildman–Crippen MR) is 77.0 cm³/mol. The monoisotopic (exact) mass is 260 g/mol. The van der Waals surface area contributed by atoms with Gasteiger partial charge in [0.25, 0.3) is 0 Å². The molecule has 0 aliphatic heterocycles. The van der Waals surface area contributed by atoms with Crippen LogP contribution in [0, 0.1) is 17.8 Å². The molecule has 0 bridgehead atoms. The van der Waals surface area contributed by atoms with Gasteiger partial charge in [0, 0.05) is 0 Å². The van der Waals surface area contributed by atoms with Crippen LogP contribution in [0.25, 0.3) is 0 Å². The molecular weight excluding hydrogens is 236 g/mol. The minimum atomic E-state index is -0.176. The molecule has 19 heavy (non-hydrogen) atoms. The fourth-order valence-electron chi connectivity index (χ4n) is 3.03. The van der Waals surface area contributed by atoms with Gasteiger partial charge in [-0.2, -0.15) is 0 Å². The number of carbonyl (C=O) groups excluding carboxylic acids is 1. The van der Waals surface area contributed by atoms with E-state index in [2.05, 4.69) is 20.8 Å². The number of hydrogen-bond acceptors (Lipinski definition) is 2. The standard InChI is InChI=1S/C17H24O2/c1-12(2)15-10-9-13(3)11-16(15)19-17(18)14-7-5-4-6-8-14/h4-8,12-13,15-16H,9-11H2,1-3H3/t13-,15-,16-/m0/s1. The van der Waals surface area contributed by atoms with Gasteiger partial charge in [-0.1, -0.05) is 45.4 Å². The van der Waals surface area contributed by atoms with Gasteiger partial charge in [0.15, 0.2) is 0 Å². The van der Waals surface area contributed by atoms with Crippen LogP contribution in [0.3, 0.4) is 0 Å². The Morgan fingerprint density at radius 2 is 1.89 bits per heavy atom. The molecule has 1 fully saturated rings. The molecule has 0 saturated heterocycles. The van der Waals surface area contributed by atoms with Gasteiger partial charge in [-0.3, -0.25) is 0 Å². The topological polar surface area (TPSA) is 26.3 Å². The van der Waals surface area contributed by atoms with Crippen LogP contribution < -0.4 is 0 Å². The van der Waals surface area contributed by atoms with Gasteiger partial charge in [0.2, 0.25) is 0 Å². The minimum Gasteiger partial charge on any atom is -0.458 e. The summed E-state index contributed by atoms with van der Waals surface area (Å²) in [6.45, 7) is 6.70. The molecule has 0 N–H and O–H groups in total. The van der Waals surface area contributed by atoms with Crippen molar-refractivity contribution in [2.75, 3.05) is 0 Å². The van der Waals surface area contributed by atoms with Gasteiger partial charge in [0.1, 0.15) is 6.10 Å². The van der Waals surface area contributed by atoms with Crippen molar-refractivity contribution in [1.82, 2.24) is 0 Å². The number of hydrogen-bond donors (Lipinski definition) is 0. The molecule has 1 aliphatic rings. The van der Waals surface area contributed by atoms with E-state index < -0.39 is 0 Å². The molecule has 1 aromatic carbocycles. The zero-order chi connectivity index (χ0) is 13.8. The zero-order valence-corrected chi connectivity index (χ0v) is 12.1. The number of rotatable bonds is 3. The molecule has 0 radical (unpaired) electrons. The van der Waals surface area contributed by atoms with E-state index >= 15 is 0 Å². The average Bonchev–Trinajstić information content (AvgIpc) is 2.39. The maximum Gasteiger partial charge on any atom is 0.338 e. The summed E-state index contributed by atoms with van der Waals surface area (Å²) in [5, 5.41) is 0. The molecule has 1 aliphatic carbocycles. The van der Waals surface area contributed by atoms with E-state index in [-0.39, 0.29) is 12.1 Å². The third-order valence-corrected chi connectivity index (χ3v) is 4.23. The van der Waals surface area contributed by atoms with Gasteiger partial charge in [-0.05, 0) is 42.7 Å². The molecular formula is C17H24O2. The first-order chi connectivity index (χ1) is 9.08. The fraction of sp³-hybridized carbons (Fsp3) is 0.588. The summed E-state index contributed by atoms with van der Waals surface area (Å²) in [5.74, 6) is 1.55. The second kappa shape index (κ2) is 6.23. The quantitative estimate of drug-likeness (QED) is 0.757. The van der Waals surface area contributed by atoms with E-state index in [0.717, 1.165) is 6.42 Å². The van der Waals surface area contributed by atoms with E-state index in [1.807, 2.05) is 30.3 Å². The Labute approximate surface area is 116 Å². The highest BCUT2D eigenvalue weighted by molar-refractivity contribution is 5.89. The zero-order valence-electron chi connectivity index (χ0n) is 12.1. The molecule has 1 aromatic rings. The molecule has 0 spiro atoms. The van der Waals surface area contributed by atoms with Crippen molar-refractivity contribution >= 4 is 5.97 Å². The summed E-state index contributed by atoms with van der Waals surface area (Å²) in [4.78, 5) is 12.2. The second-order valence-electron chi connectivity index (χ2n) is 6.14. The van der Waals surface area contributed by atoms with Crippen LogP contribution >= 0.6 is 0 Å². The van der Waals surface area contributed by atoms with Crippen molar-refractivity contribution in [1.29, 1.82) is 0 Å². The van der Waals surface area contributed by atoms with E-state index in [1.165, 1.54) is 12.8 Å². The van der Waals surface area contributed by atoms with Gasteiger partial charge in [0.05, 0.1) is 5.56 Å². The van der Waals surface area contributed by atoms with Crippen LogP contribution in [0.2, 0.25) is 0 Å². The lowest BCUT2D eigenvalue weighted by molar-refractivity contribution is -0.0174. The lowest BCUT2D eigenvalue weighted by Gasteiger charge is -2.36. The van der Waals surface area contributed by atoms with Crippen LogP contribution in [-0.2, 0) is 4.74 Å². The summed E-state index contributed by atoms with van der Waals surface area (Å²) >= 11 is 0. The molecule has 3 atom stereocenters. The highest BCUT2D eigenvalue weighted by Gasteiger charge is 2.33. The summed E-state index contributed by atoms with van der Waals surface area (Å²) in [6, 6.07) is 9.30. The van der Waals surface area contributed by atoms with Crippen molar-refractivity contribution in [3.05, 3.63) is 35.9 Å². The van der Waals surface area contributed by atoms with E-state index in [4.69, 9.17) is 4.74 Å². The molecule has 2 nitrogen and oxygen atoms in total. The Bertz CT molecular complexity index is 411. The molecule has 0 amide bonds. The molecule has 104 valence electrons. The average molecular weight is 260 g/mol. The summed E-state index contributed by atoms with van der Waals surface area (Å²) < 4.78 is 5.78. The van der Waals surface area contributed by atoms with Gasteiger partial charge >= 0.3 is 5.97 Å². The van der Waals surface area contributed by atoms with Crippen LogP contribution in [0.5, 0.6) is 0 Å². The largest absolute Gasteiger partial charge is 0.458 e. The Morgan fingerprint density at radius 1 is 1.21 bits per heavy atom. The first-order valence-corrected chi connectivity index (χ1v) is 7.34. The summed E-state index contributed by atoms with van der Waals surface area (Å²) in [5.41, 5.74) is 0.656. The smallest absolute Gasteiger partial charge is 0.338 e. The third kappa shape index (κ3) is 3.59. The van der Waals surface area contributed by atoms with Crippen molar-refractivity contribution in [3.8, 4) is 0 Å². The normalized spacial score (nSPS) is 27.3. The van der Waals surface area contributed by atoms with Crippen LogP contribution in [0.4, 0.5) is 0 Å². The van der Waals surface area contributed by atoms with E-state index in [0.29, 0.717) is 23.3 Å². The molecule has 2 heteroatoms. The third-order valence-electron chi connectivity index (χ3n) is 4.23. The van der Waals surface area contributed by atoms with Gasteiger partial charge in [-0.15, -0.1) is 0 Å². The number of esters is 1. The van der Waals surface area contributed by atoms with Crippen molar-refractivity contribution in [3.63, 3.8) is 0 Å². The first kappa shape index (κ1) is 14.1. The number of ether oxygens (including phenoxy) is 1. The predicted octanol–water partition coefficient (Wildman–Crippen LogP) is 4.30. The maximum atomic E-state index is 12.2. The lowest BCUT2D eigenvalue weighted by Crippen LogP contribution is -2.35. The summed E-state index contributed by atoms with van der Waals surface area (Å²) in [6.07, 6.45) is 3.51. The Kier molecular flexibility index (Phi) is 4.62. The highest BCUT2D eigenvalue weighted by atomic mass is 16.5. The second-order valence-corrected chi connectivity index (χ2v) is 6.14. The van der Waals surface area contributed by atoms with E-state index in [1.54, 1.807) is 0 Å². The Balaban J connectivity index is 2.04. The lowest BCUT2D eigenvalue weighted by atomic mass is 9.75. The Hall–Kier alpha value is -1.31. The van der Waals surface area contributed by atoms with Crippen molar-refractivity contribution < 1.29 is 9.53 Å². The highest BCUT2D eigenvalue weighted by Crippen LogP contribution is 2.35. The SMILES string of the molecule is CC(C)[C@@H]1CC[C@H](C)C[C@@H]1OC(=O)c1ccccc1. The molecule has 0 aromatic heterocycles. The molecule has 0 unspecified atom stereocenters. The van der Waals surface area contributed by atoms with Crippen molar-refractivity contribution in [2.24, 2.45) is 17.8 Å². The van der Waals surface area contributed by atoms with Crippen LogP contribution in [0.1, 0.15) is 50.4 Å². The summed E-state index contributed by atoms with van der Waals surface area (Å²) in [7, 11) is 0. The van der Waals surface area contributed by atoms with Crippen LogP contribution in [0.15, 0.2) is 30.3 Å². The van der Waals surface area contributed by atoms with Gasteiger partial charge < -0.3 is 4.74 Å². The Morgan fingerprint density at radius 3 is 2.53 bits per heavy atom. The van der Waals surface area contributed by atoms with Crippen molar-refractivity contribution in [2.45, 2.75) is 46.1 Å². The number of carbonyl (C=O) groups is 1. The van der Waals surface area contributed by atoms with E-state index in [9.17, 15) is 4.79 Å². The molecule has 2 rings (SSSR count). The fourth-order valence-corrected chi connectivity index (χ4v) is 3.03. The molecule has 0 heterocycles. The van der Waals surface area contributed by atoms with Crippen LogP contribution in [-0.4, -0.2) is 12.1 Å².